The van der Waals surface area contributed by atoms with Crippen LogP contribution in [-0.2, 0) is 10.0 Å². The Hall–Kier alpha value is -0.830. The molecule has 0 spiro atoms. The summed E-state index contributed by atoms with van der Waals surface area (Å²) in [6.07, 6.45) is 1.53. The van der Waals surface area contributed by atoms with E-state index in [9.17, 15) is 8.42 Å². The number of thiophene rings is 1. The summed E-state index contributed by atoms with van der Waals surface area (Å²) >= 11 is 10.1. The average molecular weight is 398 g/mol. The molecule has 2 rings (SSSR count). The van der Waals surface area contributed by atoms with Crippen LogP contribution in [0.3, 0.4) is 0 Å². The zero-order valence-electron chi connectivity index (χ0n) is 10.3. The minimum atomic E-state index is -3.72. The Balaban J connectivity index is 2.33. The molecule has 0 radical (unpaired) electrons. The molecule has 0 fully saturated rings. The summed E-state index contributed by atoms with van der Waals surface area (Å²) in [7, 11) is -3.72. The zero-order chi connectivity index (χ0) is 14.8. The zero-order valence-corrected chi connectivity index (χ0v) is 14.2. The number of nitrogens with one attached hydrogen (secondary N) is 1. The van der Waals surface area contributed by atoms with Gasteiger partial charge in [-0.1, -0.05) is 11.6 Å². The fourth-order valence-corrected chi connectivity index (χ4v) is 4.83. The maximum atomic E-state index is 12.3. The molecule has 2 aromatic heterocycles. The number of rotatable bonds is 5. The summed E-state index contributed by atoms with van der Waals surface area (Å²) in [6.45, 7) is 2.19. The second kappa shape index (κ2) is 6.30. The molecular weight excluding hydrogens is 388 g/mol. The van der Waals surface area contributed by atoms with Crippen molar-refractivity contribution in [2.45, 2.75) is 11.1 Å². The van der Waals surface area contributed by atoms with E-state index < -0.39 is 10.0 Å². The highest BCUT2D eigenvalue weighted by Gasteiger charge is 2.21. The molecule has 0 bridgehead atoms. The molecule has 2 aromatic rings. The lowest BCUT2D eigenvalue weighted by atomic mass is 10.4. The molecule has 1 N–H and O–H groups in total. The number of hydrogen-bond acceptors (Lipinski definition) is 5. The normalized spacial score (nSPS) is 11.3. The SMILES string of the molecule is CCOc1ncccc1NS(=O)(=O)c1cc(Cl)c(Br)s1. The Kier molecular flexibility index (Phi) is 4.90. The second-order valence-corrected chi connectivity index (χ2v) is 8.27. The van der Waals surface area contributed by atoms with Gasteiger partial charge in [0.05, 0.1) is 15.4 Å². The third-order valence-electron chi connectivity index (χ3n) is 2.18. The molecule has 0 aromatic carbocycles. The van der Waals surface area contributed by atoms with Gasteiger partial charge in [-0.05, 0) is 41.1 Å². The molecule has 108 valence electrons. The fraction of sp³-hybridized carbons (Fsp3) is 0.182. The van der Waals surface area contributed by atoms with E-state index in [0.717, 1.165) is 11.3 Å². The van der Waals surface area contributed by atoms with Crippen LogP contribution in [0.15, 0.2) is 32.4 Å². The molecule has 0 unspecified atom stereocenters. The van der Waals surface area contributed by atoms with E-state index in [0.29, 0.717) is 15.4 Å². The van der Waals surface area contributed by atoms with E-state index >= 15 is 0 Å². The van der Waals surface area contributed by atoms with E-state index in [1.807, 2.05) is 0 Å². The summed E-state index contributed by atoms with van der Waals surface area (Å²) < 4.78 is 32.9. The van der Waals surface area contributed by atoms with Gasteiger partial charge < -0.3 is 4.74 Å². The third-order valence-corrected chi connectivity index (χ3v) is 6.50. The van der Waals surface area contributed by atoms with Gasteiger partial charge in [0.15, 0.2) is 0 Å². The predicted octanol–water partition coefficient (Wildman–Crippen LogP) is 3.76. The quantitative estimate of drug-likeness (QED) is 0.834. The molecule has 0 aliphatic carbocycles. The number of pyridine rings is 1. The Bertz CT molecular complexity index is 699. The van der Waals surface area contributed by atoms with Crippen LogP contribution >= 0.6 is 38.9 Å². The first-order valence-corrected chi connectivity index (χ1v) is 8.96. The van der Waals surface area contributed by atoms with Crippen molar-refractivity contribution in [3.63, 3.8) is 0 Å². The standard InChI is InChI=1S/C11H10BrClN2O3S2/c1-2-18-11-8(4-3-5-14-11)15-20(16,17)9-6-7(13)10(12)19-9/h3-6,15H,2H2,1H3. The van der Waals surface area contributed by atoms with Gasteiger partial charge in [0, 0.05) is 6.20 Å². The minimum Gasteiger partial charge on any atom is -0.476 e. The van der Waals surface area contributed by atoms with Gasteiger partial charge in [-0.25, -0.2) is 13.4 Å². The summed E-state index contributed by atoms with van der Waals surface area (Å²) in [4.78, 5) is 3.99. The Morgan fingerprint density at radius 2 is 2.30 bits per heavy atom. The topological polar surface area (TPSA) is 68.3 Å². The maximum Gasteiger partial charge on any atom is 0.271 e. The van der Waals surface area contributed by atoms with Crippen molar-refractivity contribution < 1.29 is 13.2 Å². The molecule has 2 heterocycles. The lowest BCUT2D eigenvalue weighted by Gasteiger charge is -2.10. The van der Waals surface area contributed by atoms with Gasteiger partial charge in [-0.2, -0.15) is 0 Å². The van der Waals surface area contributed by atoms with Crippen LogP contribution in [0.25, 0.3) is 0 Å². The van der Waals surface area contributed by atoms with E-state index in [4.69, 9.17) is 16.3 Å². The van der Waals surface area contributed by atoms with Crippen LogP contribution in [0.2, 0.25) is 5.02 Å². The molecule has 5 nitrogen and oxygen atoms in total. The molecule has 0 amide bonds. The number of sulfonamides is 1. The smallest absolute Gasteiger partial charge is 0.271 e. The summed E-state index contributed by atoms with van der Waals surface area (Å²) in [5, 5.41) is 0.353. The number of ether oxygens (including phenoxy) is 1. The number of hydrogen-bond donors (Lipinski definition) is 1. The lowest BCUT2D eigenvalue weighted by molar-refractivity contribution is 0.329. The minimum absolute atomic E-state index is 0.112. The molecule has 0 aliphatic heterocycles. The van der Waals surface area contributed by atoms with Crippen LogP contribution in [0, 0.1) is 0 Å². The van der Waals surface area contributed by atoms with Crippen molar-refractivity contribution in [3.05, 3.63) is 33.2 Å². The summed E-state index contributed by atoms with van der Waals surface area (Å²) in [6, 6.07) is 4.59. The van der Waals surface area contributed by atoms with E-state index in [1.165, 1.54) is 12.3 Å². The Morgan fingerprint density at radius 1 is 1.55 bits per heavy atom. The summed E-state index contributed by atoms with van der Waals surface area (Å²) in [5.74, 6) is 0.236. The third kappa shape index (κ3) is 3.43. The summed E-state index contributed by atoms with van der Waals surface area (Å²) in [5.41, 5.74) is 0.287. The van der Waals surface area contributed by atoms with E-state index in [2.05, 4.69) is 25.6 Å². The average Bonchev–Trinajstić information content (AvgIpc) is 2.73. The van der Waals surface area contributed by atoms with Crippen molar-refractivity contribution in [3.8, 4) is 5.88 Å². The second-order valence-electron chi connectivity index (χ2n) is 3.58. The molecule has 0 saturated heterocycles. The molecule has 0 aliphatic rings. The number of aromatic nitrogens is 1. The Labute approximate surface area is 134 Å². The van der Waals surface area contributed by atoms with Gasteiger partial charge in [-0.15, -0.1) is 11.3 Å². The van der Waals surface area contributed by atoms with Crippen molar-refractivity contribution in [1.82, 2.24) is 4.98 Å². The first-order valence-electron chi connectivity index (χ1n) is 5.49. The Morgan fingerprint density at radius 3 is 2.90 bits per heavy atom. The van der Waals surface area contributed by atoms with E-state index in [1.54, 1.807) is 19.1 Å². The first-order chi connectivity index (χ1) is 9.44. The molecule has 20 heavy (non-hydrogen) atoms. The van der Waals surface area contributed by atoms with Gasteiger partial charge in [0.1, 0.15) is 9.90 Å². The highest BCUT2D eigenvalue weighted by atomic mass is 79.9. The van der Waals surface area contributed by atoms with Gasteiger partial charge in [0.2, 0.25) is 5.88 Å². The van der Waals surface area contributed by atoms with Gasteiger partial charge in [-0.3, -0.25) is 4.72 Å². The highest BCUT2D eigenvalue weighted by Crippen LogP contribution is 2.35. The number of nitrogens with zero attached hydrogens (tertiary/aromatic N) is 1. The van der Waals surface area contributed by atoms with Crippen molar-refractivity contribution in [1.29, 1.82) is 0 Å². The van der Waals surface area contributed by atoms with Crippen LogP contribution in [0.4, 0.5) is 5.69 Å². The maximum absolute atomic E-state index is 12.3. The van der Waals surface area contributed by atoms with Crippen LogP contribution in [0.1, 0.15) is 6.92 Å². The van der Waals surface area contributed by atoms with Crippen LogP contribution in [0.5, 0.6) is 5.88 Å². The molecule has 9 heteroatoms. The van der Waals surface area contributed by atoms with Crippen LogP contribution in [-0.4, -0.2) is 20.0 Å². The molecule has 0 saturated carbocycles. The first kappa shape index (κ1) is 15.6. The van der Waals surface area contributed by atoms with Crippen molar-refractivity contribution >= 4 is 54.6 Å². The highest BCUT2D eigenvalue weighted by molar-refractivity contribution is 9.11. The molecular formula is C11H10BrClN2O3S2. The monoisotopic (exact) mass is 396 g/mol. The van der Waals surface area contributed by atoms with Gasteiger partial charge in [0.25, 0.3) is 10.0 Å². The largest absolute Gasteiger partial charge is 0.476 e. The van der Waals surface area contributed by atoms with E-state index in [-0.39, 0.29) is 15.8 Å². The number of halogens is 2. The fourth-order valence-electron chi connectivity index (χ4n) is 1.37. The molecule has 0 atom stereocenters. The lowest BCUT2D eigenvalue weighted by Crippen LogP contribution is -2.13. The number of anilines is 1. The van der Waals surface area contributed by atoms with Gasteiger partial charge >= 0.3 is 0 Å². The predicted molar refractivity (Wildman–Crippen MR) is 83.2 cm³/mol. The van der Waals surface area contributed by atoms with Crippen molar-refractivity contribution in [2.75, 3.05) is 11.3 Å². The van der Waals surface area contributed by atoms with Crippen molar-refractivity contribution in [2.24, 2.45) is 0 Å². The van der Waals surface area contributed by atoms with Crippen LogP contribution < -0.4 is 9.46 Å².